The summed E-state index contributed by atoms with van der Waals surface area (Å²) in [6.07, 6.45) is 7.78. The van der Waals surface area contributed by atoms with Crippen LogP contribution in [0.1, 0.15) is 48.3 Å². The molecule has 162 valence electrons. The second-order valence-corrected chi connectivity index (χ2v) is 8.58. The predicted octanol–water partition coefficient (Wildman–Crippen LogP) is 4.20. The minimum Gasteiger partial charge on any atom is -0.361 e. The van der Waals surface area contributed by atoms with Crippen molar-refractivity contribution >= 4 is 33.3 Å². The Bertz CT molecular complexity index is 934. The number of thiazole rings is 1. The summed E-state index contributed by atoms with van der Waals surface area (Å²) in [7, 11) is 1.94. The van der Waals surface area contributed by atoms with Gasteiger partial charge in [0.05, 0.1) is 6.20 Å². The van der Waals surface area contributed by atoms with Gasteiger partial charge in [0.25, 0.3) is 5.91 Å². The highest BCUT2D eigenvalue weighted by molar-refractivity contribution is 7.17. The number of carbonyl (C=O) groups excluding carboxylic acids is 1. The van der Waals surface area contributed by atoms with Crippen molar-refractivity contribution in [1.82, 2.24) is 20.6 Å². The number of aromatic nitrogens is 2. The second-order valence-electron chi connectivity index (χ2n) is 7.57. The van der Waals surface area contributed by atoms with Crippen LogP contribution in [0.3, 0.4) is 0 Å². The molecule has 6 nitrogen and oxygen atoms in total. The van der Waals surface area contributed by atoms with Crippen molar-refractivity contribution in [2.75, 3.05) is 31.6 Å². The highest BCUT2D eigenvalue weighted by Crippen LogP contribution is 2.24. The van der Waals surface area contributed by atoms with Crippen molar-refractivity contribution in [3.8, 4) is 0 Å². The summed E-state index contributed by atoms with van der Waals surface area (Å²) in [5, 5.41) is 8.57. The van der Waals surface area contributed by atoms with Crippen LogP contribution in [0.2, 0.25) is 0 Å². The van der Waals surface area contributed by atoms with E-state index in [1.807, 2.05) is 13.1 Å². The number of H-pyrrole nitrogens is 1. The van der Waals surface area contributed by atoms with E-state index in [1.165, 1.54) is 22.3 Å². The molecule has 0 aliphatic heterocycles. The number of likely N-dealkylation sites (N-methyl/N-ethyl adjacent to an activating group) is 2. The quantitative estimate of drug-likeness (QED) is 0.405. The van der Waals surface area contributed by atoms with Crippen LogP contribution in [0.5, 0.6) is 0 Å². The lowest BCUT2D eigenvalue weighted by Gasteiger charge is -2.19. The number of aromatic amines is 1. The standard InChI is InChI=1S/C23H33N5OS/c1-4-6-9-18(14-17-15-25-20-11-8-7-10-19(17)20)27-22(29)21-16-26-23(30-21)28(5-2)13-12-24-3/h7-8,10-11,15-16,18,24-25H,4-6,9,12-14H2,1-3H3,(H,27,29). The topological polar surface area (TPSA) is 73.0 Å². The number of nitrogens with one attached hydrogen (secondary N) is 3. The number of amides is 1. The highest BCUT2D eigenvalue weighted by atomic mass is 32.1. The number of para-hydroxylation sites is 1. The van der Waals surface area contributed by atoms with Crippen LogP contribution in [0, 0.1) is 0 Å². The van der Waals surface area contributed by atoms with Gasteiger partial charge in [0.15, 0.2) is 5.13 Å². The lowest BCUT2D eigenvalue weighted by Crippen LogP contribution is -2.36. The molecule has 3 rings (SSSR count). The van der Waals surface area contributed by atoms with E-state index in [0.717, 1.165) is 56.0 Å². The maximum atomic E-state index is 13.0. The maximum Gasteiger partial charge on any atom is 0.263 e. The molecule has 1 unspecified atom stereocenters. The van der Waals surface area contributed by atoms with E-state index in [0.29, 0.717) is 4.88 Å². The number of hydrogen-bond donors (Lipinski definition) is 3. The van der Waals surface area contributed by atoms with Crippen molar-refractivity contribution < 1.29 is 4.79 Å². The van der Waals surface area contributed by atoms with E-state index in [9.17, 15) is 4.79 Å². The molecular formula is C23H33N5OS. The fourth-order valence-electron chi connectivity index (χ4n) is 3.65. The van der Waals surface area contributed by atoms with Crippen molar-refractivity contribution in [3.63, 3.8) is 0 Å². The summed E-state index contributed by atoms with van der Waals surface area (Å²) in [6.45, 7) is 6.93. The zero-order valence-corrected chi connectivity index (χ0v) is 19.0. The molecule has 0 radical (unpaired) electrons. The number of anilines is 1. The van der Waals surface area contributed by atoms with Crippen LogP contribution >= 0.6 is 11.3 Å². The Morgan fingerprint density at radius 1 is 1.30 bits per heavy atom. The summed E-state index contributed by atoms with van der Waals surface area (Å²) in [5.74, 6) is -0.0237. The van der Waals surface area contributed by atoms with E-state index in [4.69, 9.17) is 0 Å². The Labute approximate surface area is 183 Å². The Hall–Kier alpha value is -2.38. The molecule has 7 heteroatoms. The smallest absolute Gasteiger partial charge is 0.263 e. The minimum atomic E-state index is -0.0237. The van der Waals surface area contributed by atoms with Crippen LogP contribution in [0.25, 0.3) is 10.9 Å². The fraction of sp³-hybridized carbons (Fsp3) is 0.478. The van der Waals surface area contributed by atoms with Gasteiger partial charge in [-0.15, -0.1) is 0 Å². The maximum absolute atomic E-state index is 13.0. The van der Waals surface area contributed by atoms with Crippen LogP contribution in [0.15, 0.2) is 36.7 Å². The summed E-state index contributed by atoms with van der Waals surface area (Å²) < 4.78 is 0. The number of benzene rings is 1. The number of hydrogen-bond acceptors (Lipinski definition) is 5. The van der Waals surface area contributed by atoms with Crippen molar-refractivity contribution in [1.29, 1.82) is 0 Å². The molecule has 0 bridgehead atoms. The first-order chi connectivity index (χ1) is 14.7. The summed E-state index contributed by atoms with van der Waals surface area (Å²) >= 11 is 1.47. The average Bonchev–Trinajstić information content (AvgIpc) is 3.41. The van der Waals surface area contributed by atoms with Gasteiger partial charge in [-0.3, -0.25) is 4.79 Å². The van der Waals surface area contributed by atoms with Gasteiger partial charge in [0, 0.05) is 42.8 Å². The van der Waals surface area contributed by atoms with Crippen LogP contribution in [0.4, 0.5) is 5.13 Å². The molecule has 0 saturated carbocycles. The van der Waals surface area contributed by atoms with E-state index in [2.05, 4.69) is 63.7 Å². The molecule has 0 aliphatic rings. The number of unbranched alkanes of at least 4 members (excludes halogenated alkanes) is 1. The molecule has 30 heavy (non-hydrogen) atoms. The number of fused-ring (bicyclic) bond motifs is 1. The molecule has 2 aromatic heterocycles. The zero-order chi connectivity index (χ0) is 21.3. The number of nitrogens with zero attached hydrogens (tertiary/aromatic N) is 2. The van der Waals surface area contributed by atoms with E-state index in [1.54, 1.807) is 6.20 Å². The summed E-state index contributed by atoms with van der Waals surface area (Å²) in [4.78, 5) is 23.7. The molecule has 0 aliphatic carbocycles. The van der Waals surface area contributed by atoms with Gasteiger partial charge in [-0.2, -0.15) is 0 Å². The first-order valence-electron chi connectivity index (χ1n) is 10.9. The van der Waals surface area contributed by atoms with E-state index >= 15 is 0 Å². The SMILES string of the molecule is CCCCC(Cc1c[nH]c2ccccc12)NC(=O)c1cnc(N(CC)CCNC)s1. The average molecular weight is 428 g/mol. The lowest BCUT2D eigenvalue weighted by molar-refractivity contribution is 0.0938. The summed E-state index contributed by atoms with van der Waals surface area (Å²) in [5.41, 5.74) is 2.39. The van der Waals surface area contributed by atoms with E-state index in [-0.39, 0.29) is 11.9 Å². The normalized spacial score (nSPS) is 12.2. The van der Waals surface area contributed by atoms with Crippen LogP contribution in [-0.2, 0) is 6.42 Å². The molecule has 1 aromatic carbocycles. The molecular weight excluding hydrogens is 394 g/mol. The molecule has 0 fully saturated rings. The Balaban J connectivity index is 1.69. The van der Waals surface area contributed by atoms with Crippen LogP contribution in [-0.4, -0.2) is 48.6 Å². The second kappa shape index (κ2) is 11.1. The third kappa shape index (κ3) is 5.61. The lowest BCUT2D eigenvalue weighted by atomic mass is 10.0. The summed E-state index contributed by atoms with van der Waals surface area (Å²) in [6, 6.07) is 8.43. The van der Waals surface area contributed by atoms with Gasteiger partial charge >= 0.3 is 0 Å². The van der Waals surface area contributed by atoms with Gasteiger partial charge < -0.3 is 20.5 Å². The first kappa shape index (κ1) is 22.3. The van der Waals surface area contributed by atoms with Crippen molar-refractivity contribution in [2.24, 2.45) is 0 Å². The van der Waals surface area contributed by atoms with Gasteiger partial charge in [-0.1, -0.05) is 49.3 Å². The van der Waals surface area contributed by atoms with Gasteiger partial charge in [-0.25, -0.2) is 4.98 Å². The zero-order valence-electron chi connectivity index (χ0n) is 18.2. The Morgan fingerprint density at radius 3 is 2.90 bits per heavy atom. The Morgan fingerprint density at radius 2 is 2.13 bits per heavy atom. The largest absolute Gasteiger partial charge is 0.361 e. The molecule has 3 aromatic rings. The highest BCUT2D eigenvalue weighted by Gasteiger charge is 2.19. The molecule has 0 spiro atoms. The Kier molecular flexibility index (Phi) is 8.28. The first-order valence-corrected chi connectivity index (χ1v) is 11.7. The van der Waals surface area contributed by atoms with Crippen molar-refractivity contribution in [3.05, 3.63) is 47.1 Å². The molecule has 1 amide bonds. The molecule has 2 heterocycles. The minimum absolute atomic E-state index is 0.0237. The predicted molar refractivity (Wildman–Crippen MR) is 127 cm³/mol. The molecule has 1 atom stereocenters. The van der Waals surface area contributed by atoms with Crippen molar-refractivity contribution in [2.45, 2.75) is 45.6 Å². The monoisotopic (exact) mass is 427 g/mol. The third-order valence-electron chi connectivity index (χ3n) is 5.38. The van der Waals surface area contributed by atoms with E-state index < -0.39 is 0 Å². The van der Waals surface area contributed by atoms with Gasteiger partial charge in [0.1, 0.15) is 4.88 Å². The molecule has 3 N–H and O–H groups in total. The fourth-order valence-corrected chi connectivity index (χ4v) is 4.56. The van der Waals surface area contributed by atoms with Crippen LogP contribution < -0.4 is 15.5 Å². The molecule has 0 saturated heterocycles. The third-order valence-corrected chi connectivity index (χ3v) is 6.44. The number of rotatable bonds is 12. The van der Waals surface area contributed by atoms with Gasteiger partial charge in [-0.05, 0) is 38.4 Å². The van der Waals surface area contributed by atoms with Gasteiger partial charge in [0.2, 0.25) is 0 Å². The number of carbonyl (C=O) groups is 1.